The number of anilines is 1. The van der Waals surface area contributed by atoms with E-state index in [0.29, 0.717) is 12.4 Å². The average molecular weight is 346 g/mol. The molecule has 1 fully saturated rings. The molecule has 0 spiro atoms. The van der Waals surface area contributed by atoms with Gasteiger partial charge in [-0.1, -0.05) is 0 Å². The molecule has 24 heavy (non-hydrogen) atoms. The van der Waals surface area contributed by atoms with Gasteiger partial charge in [-0.15, -0.1) is 11.3 Å². The fourth-order valence-electron chi connectivity index (χ4n) is 2.80. The van der Waals surface area contributed by atoms with Gasteiger partial charge in [-0.2, -0.15) is 0 Å². The van der Waals surface area contributed by atoms with Crippen molar-refractivity contribution in [2.75, 3.05) is 44.7 Å². The second-order valence-electron chi connectivity index (χ2n) is 5.91. The summed E-state index contributed by atoms with van der Waals surface area (Å²) < 4.78 is 0. The average Bonchev–Trinajstić information content (AvgIpc) is 2.99. The summed E-state index contributed by atoms with van der Waals surface area (Å²) in [4.78, 5) is 31.3. The third-order valence-corrected chi connectivity index (χ3v) is 4.76. The summed E-state index contributed by atoms with van der Waals surface area (Å²) in [5, 5.41) is 2.09. The molecule has 1 amide bonds. The Morgan fingerprint density at radius 1 is 1.25 bits per heavy atom. The standard InChI is InChI=1S/C16H22N6OS/c1-20(15-9-17-3-4-18-15)11-16(23)22-6-2-5-21(7-8-22)10-14-12-24-13-19-14/h3-4,9,12-13H,2,5-8,10-11H2,1H3. The summed E-state index contributed by atoms with van der Waals surface area (Å²) in [5.74, 6) is 0.851. The summed E-state index contributed by atoms with van der Waals surface area (Å²) in [6, 6.07) is 0. The molecule has 1 aliphatic heterocycles. The van der Waals surface area contributed by atoms with E-state index in [1.807, 2.05) is 22.4 Å². The van der Waals surface area contributed by atoms with E-state index >= 15 is 0 Å². The van der Waals surface area contributed by atoms with Crippen LogP contribution in [0.15, 0.2) is 29.5 Å². The zero-order valence-electron chi connectivity index (χ0n) is 13.8. The SMILES string of the molecule is CN(CC(=O)N1CCCN(Cc2cscn2)CC1)c1cnccn1. The van der Waals surface area contributed by atoms with Crippen LogP contribution in [0, 0.1) is 0 Å². The van der Waals surface area contributed by atoms with Crippen LogP contribution in [0.2, 0.25) is 0 Å². The first kappa shape index (κ1) is 16.8. The van der Waals surface area contributed by atoms with Gasteiger partial charge in [0.25, 0.3) is 0 Å². The lowest BCUT2D eigenvalue weighted by atomic mass is 10.3. The maximum Gasteiger partial charge on any atom is 0.242 e. The summed E-state index contributed by atoms with van der Waals surface area (Å²) in [5.41, 5.74) is 2.98. The predicted molar refractivity (Wildman–Crippen MR) is 93.9 cm³/mol. The van der Waals surface area contributed by atoms with E-state index in [-0.39, 0.29) is 5.91 Å². The van der Waals surface area contributed by atoms with Crippen LogP contribution < -0.4 is 4.90 Å². The van der Waals surface area contributed by atoms with Crippen molar-refractivity contribution >= 4 is 23.1 Å². The Morgan fingerprint density at radius 3 is 2.92 bits per heavy atom. The highest BCUT2D eigenvalue weighted by atomic mass is 32.1. The molecule has 0 radical (unpaired) electrons. The van der Waals surface area contributed by atoms with Crippen LogP contribution in [0.5, 0.6) is 0 Å². The van der Waals surface area contributed by atoms with Crippen molar-refractivity contribution in [3.05, 3.63) is 35.2 Å². The minimum absolute atomic E-state index is 0.138. The van der Waals surface area contributed by atoms with E-state index in [4.69, 9.17) is 0 Å². The highest BCUT2D eigenvalue weighted by molar-refractivity contribution is 7.07. The number of aromatic nitrogens is 3. The van der Waals surface area contributed by atoms with Crippen molar-refractivity contribution in [3.63, 3.8) is 0 Å². The quantitative estimate of drug-likeness (QED) is 0.808. The molecule has 0 aliphatic carbocycles. The lowest BCUT2D eigenvalue weighted by Crippen LogP contribution is -2.41. The van der Waals surface area contributed by atoms with Crippen molar-refractivity contribution in [3.8, 4) is 0 Å². The molecule has 1 saturated heterocycles. The third-order valence-electron chi connectivity index (χ3n) is 4.12. The van der Waals surface area contributed by atoms with Crippen LogP contribution in [-0.4, -0.2) is 70.4 Å². The fourth-order valence-corrected chi connectivity index (χ4v) is 3.34. The Bertz CT molecular complexity index is 635. The van der Waals surface area contributed by atoms with Crippen LogP contribution >= 0.6 is 11.3 Å². The van der Waals surface area contributed by atoms with Gasteiger partial charge in [-0.05, 0) is 6.42 Å². The highest BCUT2D eigenvalue weighted by Crippen LogP contribution is 2.11. The number of likely N-dealkylation sites (N-methyl/N-ethyl adjacent to an activating group) is 1. The van der Waals surface area contributed by atoms with Crippen LogP contribution in [0.4, 0.5) is 5.82 Å². The van der Waals surface area contributed by atoms with E-state index in [2.05, 4.69) is 25.2 Å². The van der Waals surface area contributed by atoms with Gasteiger partial charge in [0, 0.05) is 57.5 Å². The number of hydrogen-bond donors (Lipinski definition) is 0. The molecule has 3 heterocycles. The molecule has 2 aromatic rings. The molecule has 2 aromatic heterocycles. The lowest BCUT2D eigenvalue weighted by Gasteiger charge is -2.24. The molecule has 0 saturated carbocycles. The zero-order valence-corrected chi connectivity index (χ0v) is 14.7. The zero-order chi connectivity index (χ0) is 16.8. The first-order chi connectivity index (χ1) is 11.7. The van der Waals surface area contributed by atoms with Crippen LogP contribution in [0.3, 0.4) is 0 Å². The minimum atomic E-state index is 0.138. The van der Waals surface area contributed by atoms with Gasteiger partial charge < -0.3 is 9.80 Å². The Labute approximate surface area is 146 Å². The largest absolute Gasteiger partial charge is 0.349 e. The van der Waals surface area contributed by atoms with Gasteiger partial charge >= 0.3 is 0 Å². The van der Waals surface area contributed by atoms with E-state index < -0.39 is 0 Å². The number of rotatable bonds is 5. The number of hydrogen-bond acceptors (Lipinski definition) is 7. The van der Waals surface area contributed by atoms with Gasteiger partial charge in [0.2, 0.25) is 5.91 Å². The van der Waals surface area contributed by atoms with Crippen molar-refractivity contribution in [1.82, 2.24) is 24.8 Å². The molecule has 0 bridgehead atoms. The fraction of sp³-hybridized carbons (Fsp3) is 0.500. The molecule has 1 aliphatic rings. The van der Waals surface area contributed by atoms with Crippen LogP contribution in [0.1, 0.15) is 12.1 Å². The lowest BCUT2D eigenvalue weighted by molar-refractivity contribution is -0.129. The van der Waals surface area contributed by atoms with Crippen molar-refractivity contribution < 1.29 is 4.79 Å². The van der Waals surface area contributed by atoms with E-state index in [0.717, 1.165) is 44.8 Å². The Balaban J connectivity index is 1.51. The van der Waals surface area contributed by atoms with E-state index in [1.165, 1.54) is 0 Å². The van der Waals surface area contributed by atoms with Crippen molar-refractivity contribution in [1.29, 1.82) is 0 Å². The molecule has 8 heteroatoms. The van der Waals surface area contributed by atoms with Gasteiger partial charge in [0.1, 0.15) is 5.82 Å². The molecule has 3 rings (SSSR count). The number of carbonyl (C=O) groups is 1. The third kappa shape index (κ3) is 4.48. The highest BCUT2D eigenvalue weighted by Gasteiger charge is 2.20. The summed E-state index contributed by atoms with van der Waals surface area (Å²) in [6.07, 6.45) is 5.93. The van der Waals surface area contributed by atoms with E-state index in [9.17, 15) is 4.79 Å². The maximum absolute atomic E-state index is 12.6. The molecule has 0 atom stereocenters. The minimum Gasteiger partial charge on any atom is -0.349 e. The normalized spacial score (nSPS) is 16.0. The summed E-state index contributed by atoms with van der Waals surface area (Å²) in [7, 11) is 1.87. The van der Waals surface area contributed by atoms with Crippen LogP contribution in [-0.2, 0) is 11.3 Å². The molecule has 0 unspecified atom stereocenters. The summed E-state index contributed by atoms with van der Waals surface area (Å²) in [6.45, 7) is 4.65. The number of nitrogens with zero attached hydrogens (tertiary/aromatic N) is 6. The second kappa shape index (κ2) is 8.16. The van der Waals surface area contributed by atoms with Crippen molar-refractivity contribution in [2.24, 2.45) is 0 Å². The monoisotopic (exact) mass is 346 g/mol. The smallest absolute Gasteiger partial charge is 0.242 e. The number of carbonyl (C=O) groups excluding carboxylic acids is 1. The number of amides is 1. The molecular weight excluding hydrogens is 324 g/mol. The van der Waals surface area contributed by atoms with Crippen molar-refractivity contribution in [2.45, 2.75) is 13.0 Å². The topological polar surface area (TPSA) is 65.5 Å². The Kier molecular flexibility index (Phi) is 5.71. The van der Waals surface area contributed by atoms with Gasteiger partial charge in [-0.25, -0.2) is 9.97 Å². The number of thiazole rings is 1. The first-order valence-corrected chi connectivity index (χ1v) is 9.01. The van der Waals surface area contributed by atoms with Crippen LogP contribution in [0.25, 0.3) is 0 Å². The second-order valence-corrected chi connectivity index (χ2v) is 6.63. The van der Waals surface area contributed by atoms with E-state index in [1.54, 1.807) is 29.9 Å². The first-order valence-electron chi connectivity index (χ1n) is 8.07. The maximum atomic E-state index is 12.6. The predicted octanol–water partition coefficient (Wildman–Crippen LogP) is 1.10. The van der Waals surface area contributed by atoms with Gasteiger partial charge in [0.15, 0.2) is 0 Å². The Hall–Kier alpha value is -2.06. The molecule has 7 nitrogen and oxygen atoms in total. The molecule has 0 aromatic carbocycles. The Morgan fingerprint density at radius 2 is 2.17 bits per heavy atom. The molecule has 0 N–H and O–H groups in total. The molecular formula is C16H22N6OS. The molecule has 128 valence electrons. The van der Waals surface area contributed by atoms with Gasteiger partial charge in [-0.3, -0.25) is 14.7 Å². The van der Waals surface area contributed by atoms with Gasteiger partial charge in [0.05, 0.1) is 23.9 Å². The summed E-state index contributed by atoms with van der Waals surface area (Å²) >= 11 is 1.62.